The number of rotatable bonds is 6. The molecule has 32 heavy (non-hydrogen) atoms. The van der Waals surface area contributed by atoms with Gasteiger partial charge in [-0.3, -0.25) is 10.1 Å². The highest BCUT2D eigenvalue weighted by molar-refractivity contribution is 6.31. The van der Waals surface area contributed by atoms with Crippen molar-refractivity contribution in [3.63, 3.8) is 0 Å². The van der Waals surface area contributed by atoms with E-state index in [1.165, 1.54) is 4.90 Å². The number of hydrogen-bond donors (Lipinski definition) is 2. The van der Waals surface area contributed by atoms with E-state index in [4.69, 9.17) is 16.3 Å². The van der Waals surface area contributed by atoms with Crippen LogP contribution in [0.5, 0.6) is 5.75 Å². The van der Waals surface area contributed by atoms with Gasteiger partial charge in [0.1, 0.15) is 5.75 Å². The third-order valence-electron chi connectivity index (χ3n) is 5.23. The second-order valence-corrected chi connectivity index (χ2v) is 7.72. The number of hydrazone groups is 1. The standard InChI is InChI=1S/C22H23ClN6O3/c1-3-32-16-10-8-14(9-11-16)12-24-27-21-25-19-18(20(30)26-22(31)28(19)2)29(21)13-15-6-4-5-7-17(15)23/h4-12,18-19H,3,13H2,1-2H3,(H,25,27)(H,26,30,31)/b24-12+. The number of imide groups is 1. The van der Waals surface area contributed by atoms with Crippen LogP contribution in [0.4, 0.5) is 4.79 Å². The molecule has 2 aliphatic rings. The monoisotopic (exact) mass is 454 g/mol. The fourth-order valence-corrected chi connectivity index (χ4v) is 3.78. The van der Waals surface area contributed by atoms with Crippen molar-refractivity contribution in [1.82, 2.24) is 20.5 Å². The van der Waals surface area contributed by atoms with E-state index in [2.05, 4.69) is 20.8 Å². The van der Waals surface area contributed by atoms with Crippen molar-refractivity contribution in [1.29, 1.82) is 0 Å². The number of aliphatic imine (C=N–C) groups is 1. The Bertz CT molecular complexity index is 1070. The lowest BCUT2D eigenvalue weighted by Crippen LogP contribution is -2.63. The number of benzene rings is 2. The van der Waals surface area contributed by atoms with Crippen molar-refractivity contribution in [3.8, 4) is 5.75 Å². The third kappa shape index (κ3) is 4.38. The highest BCUT2D eigenvalue weighted by atomic mass is 35.5. The fourth-order valence-electron chi connectivity index (χ4n) is 3.58. The maximum absolute atomic E-state index is 12.7. The topological polar surface area (TPSA) is 98.6 Å². The van der Waals surface area contributed by atoms with Crippen molar-refractivity contribution < 1.29 is 14.3 Å². The van der Waals surface area contributed by atoms with Gasteiger partial charge in [0.25, 0.3) is 5.91 Å². The molecule has 0 radical (unpaired) electrons. The number of fused-ring (bicyclic) bond motifs is 1. The molecule has 2 aromatic carbocycles. The van der Waals surface area contributed by atoms with Gasteiger partial charge in [-0.1, -0.05) is 29.8 Å². The SMILES string of the molecule is CCOc1ccc(/C=N/NC2=NC3C(C(=O)NC(=O)N3C)N2Cc2ccccc2Cl)cc1. The van der Waals surface area contributed by atoms with E-state index in [0.29, 0.717) is 24.1 Å². The first-order valence-electron chi connectivity index (χ1n) is 10.2. The van der Waals surface area contributed by atoms with Crippen LogP contribution < -0.4 is 15.5 Å². The normalized spacial score (nSPS) is 20.3. The van der Waals surface area contributed by atoms with Gasteiger partial charge in [0.05, 0.1) is 12.8 Å². The van der Waals surface area contributed by atoms with Crippen LogP contribution in [0.15, 0.2) is 58.6 Å². The lowest BCUT2D eigenvalue weighted by molar-refractivity contribution is -0.127. The summed E-state index contributed by atoms with van der Waals surface area (Å²) >= 11 is 6.34. The number of carbonyl (C=O) groups is 2. The lowest BCUT2D eigenvalue weighted by atomic mass is 10.1. The number of guanidine groups is 1. The summed E-state index contributed by atoms with van der Waals surface area (Å²) in [6.45, 7) is 2.85. The molecule has 2 aliphatic heterocycles. The highest BCUT2D eigenvalue weighted by Gasteiger charge is 2.48. The third-order valence-corrected chi connectivity index (χ3v) is 5.60. The second-order valence-electron chi connectivity index (χ2n) is 7.31. The van der Waals surface area contributed by atoms with E-state index < -0.39 is 24.1 Å². The van der Waals surface area contributed by atoms with Crippen LogP contribution in [0, 0.1) is 0 Å². The fraction of sp³-hybridized carbons (Fsp3) is 0.273. The predicted molar refractivity (Wildman–Crippen MR) is 122 cm³/mol. The molecule has 1 fully saturated rings. The molecule has 1 saturated heterocycles. The van der Waals surface area contributed by atoms with Gasteiger partial charge in [0.2, 0.25) is 5.96 Å². The number of nitrogens with one attached hydrogen (secondary N) is 2. The Hall–Kier alpha value is -3.59. The van der Waals surface area contributed by atoms with E-state index in [1.807, 2.05) is 49.4 Å². The number of nitrogens with zero attached hydrogens (tertiary/aromatic N) is 4. The highest BCUT2D eigenvalue weighted by Crippen LogP contribution is 2.27. The number of hydrogen-bond acceptors (Lipinski definition) is 7. The van der Waals surface area contributed by atoms with Crippen LogP contribution in [-0.4, -0.2) is 59.8 Å². The van der Waals surface area contributed by atoms with Gasteiger partial charge < -0.3 is 14.5 Å². The van der Waals surface area contributed by atoms with Crippen molar-refractivity contribution >= 4 is 35.7 Å². The van der Waals surface area contributed by atoms with Crippen LogP contribution in [0.1, 0.15) is 18.1 Å². The van der Waals surface area contributed by atoms with E-state index in [0.717, 1.165) is 16.9 Å². The average Bonchev–Trinajstić information content (AvgIpc) is 3.14. The zero-order valence-corrected chi connectivity index (χ0v) is 18.4. The molecule has 2 heterocycles. The number of halogens is 1. The smallest absolute Gasteiger partial charge is 0.325 e. The maximum atomic E-state index is 12.7. The van der Waals surface area contributed by atoms with Gasteiger partial charge in [-0.25, -0.2) is 15.2 Å². The molecular weight excluding hydrogens is 432 g/mol. The molecule has 3 amide bonds. The number of amides is 3. The minimum absolute atomic E-state index is 0.320. The number of ether oxygens (including phenoxy) is 1. The number of carbonyl (C=O) groups excluding carboxylic acids is 2. The molecule has 2 N–H and O–H groups in total. The lowest BCUT2D eigenvalue weighted by Gasteiger charge is -2.36. The summed E-state index contributed by atoms with van der Waals surface area (Å²) in [5.74, 6) is 0.742. The molecule has 0 spiro atoms. The molecule has 2 unspecified atom stereocenters. The zero-order valence-electron chi connectivity index (χ0n) is 17.7. The van der Waals surface area contributed by atoms with Gasteiger partial charge in [-0.2, -0.15) is 5.10 Å². The second kappa shape index (κ2) is 9.27. The summed E-state index contributed by atoms with van der Waals surface area (Å²) in [6.07, 6.45) is 0.977. The maximum Gasteiger partial charge on any atom is 0.325 e. The Kier molecular flexibility index (Phi) is 6.27. The van der Waals surface area contributed by atoms with E-state index in [-0.39, 0.29) is 0 Å². The first kappa shape index (κ1) is 21.6. The van der Waals surface area contributed by atoms with Crippen molar-refractivity contribution in [2.45, 2.75) is 25.7 Å². The van der Waals surface area contributed by atoms with Gasteiger partial charge in [-0.05, 0) is 48.4 Å². The molecule has 0 bridgehead atoms. The van der Waals surface area contributed by atoms with Gasteiger partial charge in [0, 0.05) is 18.6 Å². The minimum Gasteiger partial charge on any atom is -0.494 e. The molecule has 10 heteroatoms. The van der Waals surface area contributed by atoms with Crippen molar-refractivity contribution in [3.05, 3.63) is 64.7 Å². The molecule has 2 atom stereocenters. The summed E-state index contributed by atoms with van der Waals surface area (Å²) in [5, 5.41) is 7.23. The quantitative estimate of drug-likeness (QED) is 0.516. The van der Waals surface area contributed by atoms with Crippen molar-refractivity contribution in [2.24, 2.45) is 10.1 Å². The van der Waals surface area contributed by atoms with Crippen LogP contribution in [0.3, 0.4) is 0 Å². The predicted octanol–water partition coefficient (Wildman–Crippen LogP) is 2.41. The Morgan fingerprint density at radius 2 is 1.97 bits per heavy atom. The van der Waals surface area contributed by atoms with Crippen LogP contribution in [0.2, 0.25) is 5.02 Å². The molecular formula is C22H23ClN6O3. The first-order chi connectivity index (χ1) is 15.5. The van der Waals surface area contributed by atoms with Gasteiger partial charge >= 0.3 is 6.03 Å². The summed E-state index contributed by atoms with van der Waals surface area (Å²) in [4.78, 5) is 32.5. The summed E-state index contributed by atoms with van der Waals surface area (Å²) in [7, 11) is 1.60. The molecule has 0 aromatic heterocycles. The Balaban J connectivity index is 1.56. The van der Waals surface area contributed by atoms with Crippen LogP contribution in [-0.2, 0) is 11.3 Å². The van der Waals surface area contributed by atoms with Crippen LogP contribution in [0.25, 0.3) is 0 Å². The van der Waals surface area contributed by atoms with E-state index in [9.17, 15) is 9.59 Å². The average molecular weight is 455 g/mol. The minimum atomic E-state index is -0.697. The van der Waals surface area contributed by atoms with Crippen LogP contribution >= 0.6 is 11.6 Å². The Labute approximate surface area is 190 Å². The van der Waals surface area contributed by atoms with Crippen molar-refractivity contribution in [2.75, 3.05) is 13.7 Å². The molecule has 166 valence electrons. The molecule has 0 saturated carbocycles. The van der Waals surface area contributed by atoms with Gasteiger partial charge in [-0.15, -0.1) is 0 Å². The first-order valence-corrected chi connectivity index (χ1v) is 10.5. The largest absolute Gasteiger partial charge is 0.494 e. The number of urea groups is 1. The summed E-state index contributed by atoms with van der Waals surface area (Å²) in [5.41, 5.74) is 4.61. The Morgan fingerprint density at radius 3 is 2.69 bits per heavy atom. The zero-order chi connectivity index (χ0) is 22.7. The molecule has 4 rings (SSSR count). The number of likely N-dealkylation sites (N-methyl/N-ethyl adjacent to an activating group) is 1. The molecule has 2 aromatic rings. The molecule has 0 aliphatic carbocycles. The summed E-state index contributed by atoms with van der Waals surface area (Å²) in [6, 6.07) is 13.7. The van der Waals surface area contributed by atoms with E-state index >= 15 is 0 Å². The summed E-state index contributed by atoms with van der Waals surface area (Å²) < 4.78 is 5.44. The molecule has 9 nitrogen and oxygen atoms in total. The van der Waals surface area contributed by atoms with Gasteiger partial charge in [0.15, 0.2) is 12.2 Å². The van der Waals surface area contributed by atoms with E-state index in [1.54, 1.807) is 24.2 Å². The Morgan fingerprint density at radius 1 is 1.22 bits per heavy atom.